The maximum absolute atomic E-state index is 13.9. The summed E-state index contributed by atoms with van der Waals surface area (Å²) < 4.78 is 58.4. The van der Waals surface area contributed by atoms with Crippen molar-refractivity contribution in [1.82, 2.24) is 14.3 Å². The van der Waals surface area contributed by atoms with Crippen molar-refractivity contribution in [2.24, 2.45) is 7.05 Å². The van der Waals surface area contributed by atoms with E-state index in [1.54, 1.807) is 23.2 Å². The molecule has 0 fully saturated rings. The van der Waals surface area contributed by atoms with Gasteiger partial charge in [0.2, 0.25) is 15.9 Å². The highest BCUT2D eigenvalue weighted by Gasteiger charge is 2.39. The lowest BCUT2D eigenvalue weighted by Gasteiger charge is -2.26. The van der Waals surface area contributed by atoms with Crippen LogP contribution in [0.25, 0.3) is 0 Å². The Morgan fingerprint density at radius 1 is 1.10 bits per heavy atom. The normalized spacial score (nSPS) is 16.7. The van der Waals surface area contributed by atoms with Gasteiger partial charge in [-0.3, -0.25) is 4.79 Å². The minimum Gasteiger partial charge on any atom is -0.337 e. The van der Waals surface area contributed by atoms with Gasteiger partial charge in [-0.15, -0.1) is 0 Å². The SMILES string of the molecule is C[C@@H](CC(=O)N(Cc1nccn1C)c1ccc2c(c1)[C@H](NS(=O)(=O)c1cccc(F)c1)CC2(C)C)c1ccc(F)cc1. The molecule has 0 unspecified atom stereocenters. The molecule has 4 aromatic rings. The fourth-order valence-corrected chi connectivity index (χ4v) is 6.89. The zero-order valence-electron chi connectivity index (χ0n) is 24.0. The Morgan fingerprint density at radius 3 is 2.50 bits per heavy atom. The van der Waals surface area contributed by atoms with E-state index in [1.165, 1.54) is 30.3 Å². The fourth-order valence-electron chi connectivity index (χ4n) is 5.64. The smallest absolute Gasteiger partial charge is 0.241 e. The molecule has 2 atom stereocenters. The van der Waals surface area contributed by atoms with Crippen LogP contribution in [0, 0.1) is 11.6 Å². The summed E-state index contributed by atoms with van der Waals surface area (Å²) in [5.74, 6) is -0.602. The molecule has 10 heteroatoms. The van der Waals surface area contributed by atoms with Crippen molar-refractivity contribution in [3.63, 3.8) is 0 Å². The molecule has 1 amide bonds. The molecule has 1 aromatic heterocycles. The molecule has 5 rings (SSSR count). The number of carbonyl (C=O) groups is 1. The number of carbonyl (C=O) groups excluding carboxylic acids is 1. The lowest BCUT2D eigenvalue weighted by atomic mass is 9.86. The Morgan fingerprint density at radius 2 is 1.83 bits per heavy atom. The summed E-state index contributed by atoms with van der Waals surface area (Å²) in [4.78, 5) is 19.8. The van der Waals surface area contributed by atoms with Crippen LogP contribution in [0.1, 0.15) is 68.1 Å². The first kappa shape index (κ1) is 29.6. The quantitative estimate of drug-likeness (QED) is 0.254. The van der Waals surface area contributed by atoms with Gasteiger partial charge in [0.05, 0.1) is 11.4 Å². The van der Waals surface area contributed by atoms with Crippen molar-refractivity contribution in [2.75, 3.05) is 4.90 Å². The maximum Gasteiger partial charge on any atom is 0.241 e. The standard InChI is InChI=1S/C32H34F2N4O3S/c1-21(22-8-10-23(33)11-9-22)16-31(39)38(20-30-35-14-15-37(30)4)25-12-13-28-27(18-25)29(19-32(28,2)3)36-42(40,41)26-7-5-6-24(34)17-26/h5-15,17-18,21,29,36H,16,19-20H2,1-4H3/t21-,29+/m0/s1. The van der Waals surface area contributed by atoms with Crippen LogP contribution < -0.4 is 9.62 Å². The minimum atomic E-state index is -4.02. The zero-order valence-corrected chi connectivity index (χ0v) is 24.8. The Bertz CT molecular complexity index is 1720. The first-order chi connectivity index (χ1) is 19.8. The molecule has 0 radical (unpaired) electrons. The van der Waals surface area contributed by atoms with Gasteiger partial charge in [-0.1, -0.05) is 45.0 Å². The van der Waals surface area contributed by atoms with Crippen molar-refractivity contribution in [3.05, 3.63) is 113 Å². The minimum absolute atomic E-state index is 0.147. The van der Waals surface area contributed by atoms with E-state index in [-0.39, 0.29) is 40.9 Å². The number of imidazole rings is 1. The van der Waals surface area contributed by atoms with E-state index in [9.17, 15) is 22.0 Å². The molecule has 1 aliphatic carbocycles. The van der Waals surface area contributed by atoms with Crippen molar-refractivity contribution in [1.29, 1.82) is 0 Å². The predicted octanol–water partition coefficient (Wildman–Crippen LogP) is 6.13. The van der Waals surface area contributed by atoms with Gasteiger partial charge >= 0.3 is 0 Å². The number of rotatable bonds is 9. The van der Waals surface area contributed by atoms with Crippen LogP contribution in [0.3, 0.4) is 0 Å². The molecule has 0 bridgehead atoms. The molecule has 0 aliphatic heterocycles. The summed E-state index contributed by atoms with van der Waals surface area (Å²) in [6.07, 6.45) is 4.15. The number of anilines is 1. The molecule has 220 valence electrons. The second-order valence-corrected chi connectivity index (χ2v) is 13.3. The van der Waals surface area contributed by atoms with Gasteiger partial charge in [-0.2, -0.15) is 0 Å². The molecule has 0 spiro atoms. The highest BCUT2D eigenvalue weighted by molar-refractivity contribution is 7.89. The fraction of sp³-hybridized carbons (Fsp3) is 0.312. The molecule has 3 aromatic carbocycles. The van der Waals surface area contributed by atoms with Crippen LogP contribution in [0.5, 0.6) is 0 Å². The first-order valence-electron chi connectivity index (χ1n) is 13.8. The molecule has 42 heavy (non-hydrogen) atoms. The lowest BCUT2D eigenvalue weighted by Crippen LogP contribution is -2.32. The monoisotopic (exact) mass is 592 g/mol. The number of hydrogen-bond acceptors (Lipinski definition) is 4. The number of aromatic nitrogens is 2. The third-order valence-corrected chi connectivity index (χ3v) is 9.48. The molecule has 1 heterocycles. The van der Waals surface area contributed by atoms with Crippen LogP contribution in [0.4, 0.5) is 14.5 Å². The number of sulfonamides is 1. The maximum atomic E-state index is 13.9. The number of benzene rings is 3. The van der Waals surface area contributed by atoms with Crippen molar-refractivity contribution in [3.8, 4) is 0 Å². The zero-order chi connectivity index (χ0) is 30.2. The number of nitrogens with zero attached hydrogens (tertiary/aromatic N) is 3. The summed E-state index contributed by atoms with van der Waals surface area (Å²) in [6.45, 7) is 6.22. The molecular weight excluding hydrogens is 558 g/mol. The van der Waals surface area contributed by atoms with E-state index in [2.05, 4.69) is 9.71 Å². The first-order valence-corrected chi connectivity index (χ1v) is 15.3. The van der Waals surface area contributed by atoms with Crippen LogP contribution in [0.2, 0.25) is 0 Å². The van der Waals surface area contributed by atoms with Crippen LogP contribution in [-0.4, -0.2) is 23.9 Å². The van der Waals surface area contributed by atoms with Crippen LogP contribution in [0.15, 0.2) is 84.0 Å². The second kappa shape index (κ2) is 11.4. The van der Waals surface area contributed by atoms with E-state index in [0.717, 1.165) is 22.8 Å². The van der Waals surface area contributed by atoms with Gasteiger partial charge in [0.25, 0.3) is 0 Å². The summed E-state index contributed by atoms with van der Waals surface area (Å²) in [7, 11) is -2.16. The molecule has 0 saturated carbocycles. The Kier molecular flexibility index (Phi) is 8.04. The topological polar surface area (TPSA) is 84.3 Å². The van der Waals surface area contributed by atoms with Crippen LogP contribution >= 0.6 is 0 Å². The molecular formula is C32H34F2N4O3S. The van der Waals surface area contributed by atoms with Crippen molar-refractivity contribution in [2.45, 2.75) is 62.4 Å². The number of halogens is 2. The number of aryl methyl sites for hydroxylation is 1. The Balaban J connectivity index is 1.49. The molecule has 1 N–H and O–H groups in total. The van der Waals surface area contributed by atoms with Gasteiger partial charge in [-0.25, -0.2) is 26.9 Å². The summed E-state index contributed by atoms with van der Waals surface area (Å²) >= 11 is 0. The van der Waals surface area contributed by atoms with E-state index >= 15 is 0 Å². The van der Waals surface area contributed by atoms with Gasteiger partial charge in [0.15, 0.2) is 0 Å². The van der Waals surface area contributed by atoms with Crippen LogP contribution in [-0.2, 0) is 33.8 Å². The summed E-state index contributed by atoms with van der Waals surface area (Å²) in [5, 5.41) is 0. The average Bonchev–Trinajstić information content (AvgIpc) is 3.45. The number of amides is 1. The average molecular weight is 593 g/mol. The summed E-state index contributed by atoms with van der Waals surface area (Å²) in [5.41, 5.74) is 2.86. The van der Waals surface area contributed by atoms with Gasteiger partial charge in [-0.05, 0) is 76.9 Å². The van der Waals surface area contributed by atoms with Gasteiger partial charge < -0.3 is 9.47 Å². The largest absolute Gasteiger partial charge is 0.337 e. The molecule has 7 nitrogen and oxygen atoms in total. The predicted molar refractivity (Wildman–Crippen MR) is 157 cm³/mol. The van der Waals surface area contributed by atoms with Crippen molar-refractivity contribution < 1.29 is 22.0 Å². The lowest BCUT2D eigenvalue weighted by molar-refractivity contribution is -0.119. The Hall–Kier alpha value is -3.89. The number of hydrogen-bond donors (Lipinski definition) is 1. The third kappa shape index (κ3) is 6.15. The van der Waals surface area contributed by atoms with E-state index < -0.39 is 21.9 Å². The van der Waals surface area contributed by atoms with E-state index in [4.69, 9.17) is 0 Å². The number of fused-ring (bicyclic) bond motifs is 1. The number of nitrogens with one attached hydrogen (secondary N) is 1. The van der Waals surface area contributed by atoms with Crippen molar-refractivity contribution >= 4 is 21.6 Å². The van der Waals surface area contributed by atoms with Gasteiger partial charge in [0.1, 0.15) is 17.5 Å². The third-order valence-electron chi connectivity index (χ3n) is 8.01. The highest BCUT2D eigenvalue weighted by Crippen LogP contribution is 2.46. The van der Waals surface area contributed by atoms with Gasteiger partial charge in [0, 0.05) is 37.6 Å². The molecule has 1 aliphatic rings. The highest BCUT2D eigenvalue weighted by atomic mass is 32.2. The summed E-state index contributed by atoms with van der Waals surface area (Å²) in [6, 6.07) is 16.2. The van der Waals surface area contributed by atoms with E-state index in [0.29, 0.717) is 17.9 Å². The second-order valence-electron chi connectivity index (χ2n) is 11.6. The molecule has 0 saturated heterocycles. The van der Waals surface area contributed by atoms with E-state index in [1.807, 2.05) is 56.8 Å². The Labute approximate surface area is 245 Å².